The Morgan fingerprint density at radius 3 is 2.44 bits per heavy atom. The molecule has 1 aliphatic heterocycles. The molecular weight excluding hydrogens is 460 g/mol. The van der Waals surface area contributed by atoms with Gasteiger partial charge in [-0.2, -0.15) is 0 Å². The lowest BCUT2D eigenvalue weighted by atomic mass is 9.73. The van der Waals surface area contributed by atoms with E-state index in [9.17, 15) is 19.5 Å². The largest absolute Gasteiger partial charge is 0.497 e. The van der Waals surface area contributed by atoms with E-state index in [1.165, 1.54) is 0 Å². The Morgan fingerprint density at radius 1 is 1.11 bits per heavy atom. The number of nitrogens with zero attached hydrogens (tertiary/aromatic N) is 1. The van der Waals surface area contributed by atoms with Crippen molar-refractivity contribution in [2.75, 3.05) is 20.2 Å². The zero-order valence-corrected chi connectivity index (χ0v) is 21.1. The average molecular weight is 495 g/mol. The van der Waals surface area contributed by atoms with Crippen LogP contribution >= 0.6 is 0 Å². The Bertz CT molecular complexity index is 1120. The maximum Gasteiger partial charge on any atom is 0.408 e. The van der Waals surface area contributed by atoms with Gasteiger partial charge in [0.25, 0.3) is 0 Å². The third-order valence-corrected chi connectivity index (χ3v) is 7.50. The molecule has 2 aromatic rings. The molecule has 1 saturated heterocycles. The van der Waals surface area contributed by atoms with Crippen molar-refractivity contribution >= 4 is 18.0 Å². The number of benzene rings is 2. The first-order valence-corrected chi connectivity index (χ1v) is 12.3. The van der Waals surface area contributed by atoms with Gasteiger partial charge in [0.15, 0.2) is 0 Å². The number of carboxylic acid groups (broad SMARTS) is 1. The Balaban J connectivity index is 1.40. The number of likely N-dealkylation sites (tertiary alicyclic amines) is 1. The molecule has 1 heterocycles. The predicted molar refractivity (Wildman–Crippen MR) is 134 cm³/mol. The number of hydrogen-bond donors (Lipinski definition) is 2. The van der Waals surface area contributed by atoms with Crippen molar-refractivity contribution in [3.8, 4) is 5.75 Å². The number of methoxy groups -OCH3 is 1. The highest BCUT2D eigenvalue weighted by molar-refractivity contribution is 5.89. The third-order valence-electron chi connectivity index (χ3n) is 7.50. The molecule has 1 aliphatic carbocycles. The van der Waals surface area contributed by atoms with Crippen molar-refractivity contribution in [2.24, 2.45) is 0 Å². The van der Waals surface area contributed by atoms with E-state index in [1.807, 2.05) is 48.5 Å². The summed E-state index contributed by atoms with van der Waals surface area (Å²) in [6, 6.07) is 15.3. The van der Waals surface area contributed by atoms with Crippen LogP contribution in [0.3, 0.4) is 0 Å². The number of amides is 2. The van der Waals surface area contributed by atoms with E-state index in [-0.39, 0.29) is 30.3 Å². The molecule has 1 spiro atoms. The van der Waals surface area contributed by atoms with E-state index in [0.717, 1.165) is 41.7 Å². The summed E-state index contributed by atoms with van der Waals surface area (Å²) in [5, 5.41) is 12.2. The van der Waals surface area contributed by atoms with Crippen molar-refractivity contribution in [2.45, 2.75) is 63.0 Å². The summed E-state index contributed by atoms with van der Waals surface area (Å²) in [5.41, 5.74) is 1.77. The Kier molecular flexibility index (Phi) is 7.24. The molecule has 2 aromatic carbocycles. The first kappa shape index (κ1) is 25.5. The molecule has 1 fully saturated rings. The van der Waals surface area contributed by atoms with Crippen LogP contribution in [0.1, 0.15) is 62.1 Å². The highest BCUT2D eigenvalue weighted by atomic mass is 16.5. The molecular formula is C28H34N2O6. The number of carboxylic acids is 1. The normalized spacial score (nSPS) is 18.4. The molecule has 0 bridgehead atoms. The van der Waals surface area contributed by atoms with Gasteiger partial charge in [0.05, 0.1) is 13.5 Å². The van der Waals surface area contributed by atoms with E-state index in [1.54, 1.807) is 25.9 Å². The van der Waals surface area contributed by atoms with E-state index < -0.39 is 17.6 Å². The van der Waals surface area contributed by atoms with Crippen LogP contribution in [-0.2, 0) is 26.3 Å². The lowest BCUT2D eigenvalue weighted by Crippen LogP contribution is -2.58. The second-order valence-corrected chi connectivity index (χ2v) is 10.3. The van der Waals surface area contributed by atoms with Gasteiger partial charge >= 0.3 is 12.1 Å². The summed E-state index contributed by atoms with van der Waals surface area (Å²) in [7, 11) is 1.62. The molecule has 2 N–H and O–H groups in total. The first-order chi connectivity index (χ1) is 17.1. The van der Waals surface area contributed by atoms with Gasteiger partial charge in [-0.1, -0.05) is 36.4 Å². The van der Waals surface area contributed by atoms with Gasteiger partial charge in [-0.15, -0.1) is 0 Å². The topological polar surface area (TPSA) is 105 Å². The van der Waals surface area contributed by atoms with Crippen molar-refractivity contribution in [3.05, 3.63) is 65.2 Å². The quantitative estimate of drug-likeness (QED) is 0.597. The van der Waals surface area contributed by atoms with Gasteiger partial charge in [-0.05, 0) is 73.3 Å². The second-order valence-electron chi connectivity index (χ2n) is 10.3. The first-order valence-electron chi connectivity index (χ1n) is 12.3. The summed E-state index contributed by atoms with van der Waals surface area (Å²) in [6.45, 7) is 4.55. The summed E-state index contributed by atoms with van der Waals surface area (Å²) < 4.78 is 10.7. The number of hydrogen-bond acceptors (Lipinski definition) is 5. The lowest BCUT2D eigenvalue weighted by Gasteiger charge is -2.42. The third kappa shape index (κ3) is 5.32. The minimum absolute atomic E-state index is 0.0526. The summed E-state index contributed by atoms with van der Waals surface area (Å²) in [6.07, 6.45) is 1.65. The molecule has 8 nitrogen and oxygen atoms in total. The van der Waals surface area contributed by atoms with Crippen LogP contribution in [0.25, 0.3) is 0 Å². The SMILES string of the molecule is COc1ccc2c(c1)C1(CCN(C(=O)C(C)(C)NC(=O)OCc3ccccc3)CC1)CC2CC(=O)O. The molecule has 8 heteroatoms. The van der Waals surface area contributed by atoms with Gasteiger partial charge in [-0.25, -0.2) is 4.79 Å². The van der Waals surface area contributed by atoms with Gasteiger partial charge < -0.3 is 24.8 Å². The monoisotopic (exact) mass is 494 g/mol. The molecule has 0 aromatic heterocycles. The van der Waals surface area contributed by atoms with Crippen molar-refractivity contribution in [3.63, 3.8) is 0 Å². The minimum Gasteiger partial charge on any atom is -0.497 e. The van der Waals surface area contributed by atoms with Gasteiger partial charge in [0.1, 0.15) is 17.9 Å². The predicted octanol–water partition coefficient (Wildman–Crippen LogP) is 4.22. The number of ether oxygens (including phenoxy) is 2. The van der Waals surface area contributed by atoms with Gasteiger partial charge in [0.2, 0.25) is 5.91 Å². The zero-order chi connectivity index (χ0) is 25.9. The van der Waals surface area contributed by atoms with Crippen LogP contribution in [0, 0.1) is 0 Å². The van der Waals surface area contributed by atoms with Crippen LogP contribution in [0.4, 0.5) is 4.79 Å². The molecule has 36 heavy (non-hydrogen) atoms. The Labute approximate surface area is 211 Å². The summed E-state index contributed by atoms with van der Waals surface area (Å²) in [4.78, 5) is 39.0. The minimum atomic E-state index is -1.12. The fourth-order valence-electron chi connectivity index (χ4n) is 5.64. The van der Waals surface area contributed by atoms with Crippen molar-refractivity contribution in [1.29, 1.82) is 0 Å². The zero-order valence-electron chi connectivity index (χ0n) is 21.1. The Hall–Kier alpha value is -3.55. The fourth-order valence-corrected chi connectivity index (χ4v) is 5.64. The molecule has 0 saturated carbocycles. The standard InChI is InChI=1S/C28H34N2O6/c1-27(2,29-26(34)36-18-19-7-5-4-6-8-19)25(33)30-13-11-28(12-14-30)17-20(15-24(31)32)22-10-9-21(35-3)16-23(22)28/h4-10,16,20H,11-15,17-18H2,1-3H3,(H,29,34)(H,31,32). The van der Waals surface area contributed by atoms with Crippen molar-refractivity contribution < 1.29 is 29.0 Å². The second kappa shape index (κ2) is 10.2. The van der Waals surface area contributed by atoms with E-state index >= 15 is 0 Å². The number of alkyl carbamates (subject to hydrolysis) is 1. The number of rotatable bonds is 7. The summed E-state index contributed by atoms with van der Waals surface area (Å²) >= 11 is 0. The smallest absolute Gasteiger partial charge is 0.408 e. The van der Waals surface area contributed by atoms with E-state index in [4.69, 9.17) is 9.47 Å². The van der Waals surface area contributed by atoms with Crippen LogP contribution in [0.2, 0.25) is 0 Å². The number of fused-ring (bicyclic) bond motifs is 2. The number of aliphatic carboxylic acids is 1. The molecule has 2 aliphatic rings. The number of nitrogens with one attached hydrogen (secondary N) is 1. The summed E-state index contributed by atoms with van der Waals surface area (Å²) in [5.74, 6) is -0.275. The molecule has 0 radical (unpaired) electrons. The van der Waals surface area contributed by atoms with Crippen LogP contribution in [-0.4, -0.2) is 53.7 Å². The molecule has 1 atom stereocenters. The highest BCUT2D eigenvalue weighted by Crippen LogP contribution is 2.53. The number of carbonyl (C=O) groups excluding carboxylic acids is 2. The van der Waals surface area contributed by atoms with E-state index in [0.29, 0.717) is 13.1 Å². The molecule has 1 unspecified atom stereocenters. The van der Waals surface area contributed by atoms with Gasteiger partial charge in [-0.3, -0.25) is 9.59 Å². The Morgan fingerprint density at radius 2 is 1.81 bits per heavy atom. The van der Waals surface area contributed by atoms with Crippen LogP contribution in [0.5, 0.6) is 5.75 Å². The maximum atomic E-state index is 13.3. The lowest BCUT2D eigenvalue weighted by molar-refractivity contribution is -0.138. The fraction of sp³-hybridized carbons (Fsp3) is 0.464. The van der Waals surface area contributed by atoms with E-state index in [2.05, 4.69) is 5.32 Å². The van der Waals surface area contributed by atoms with Crippen LogP contribution in [0.15, 0.2) is 48.5 Å². The maximum absolute atomic E-state index is 13.3. The average Bonchev–Trinajstić information content (AvgIpc) is 3.14. The number of carbonyl (C=O) groups is 3. The highest BCUT2D eigenvalue weighted by Gasteiger charge is 2.47. The molecule has 4 rings (SSSR count). The van der Waals surface area contributed by atoms with Crippen molar-refractivity contribution in [1.82, 2.24) is 10.2 Å². The van der Waals surface area contributed by atoms with Gasteiger partial charge in [0, 0.05) is 13.1 Å². The molecule has 192 valence electrons. The number of piperidine rings is 1. The molecule has 2 amide bonds. The van der Waals surface area contributed by atoms with Crippen LogP contribution < -0.4 is 10.1 Å².